The molecule has 5 heteroatoms. The molecule has 4 nitrogen and oxygen atoms in total. The maximum absolute atomic E-state index is 9.19. The van der Waals surface area contributed by atoms with Crippen LogP contribution >= 0.6 is 11.5 Å². The lowest BCUT2D eigenvalue weighted by atomic mass is 9.69. The largest absolute Gasteiger partial charge is 0.396 e. The molecule has 0 atom stereocenters. The molecule has 1 aromatic rings. The lowest BCUT2D eigenvalue weighted by molar-refractivity contribution is 0.0576. The number of nitrogens with one attached hydrogen (secondary N) is 1. The summed E-state index contributed by atoms with van der Waals surface area (Å²) in [6, 6.07) is 0. The molecule has 2 N–H and O–H groups in total. The van der Waals surface area contributed by atoms with Gasteiger partial charge in [-0.25, -0.2) is 4.98 Å². The van der Waals surface area contributed by atoms with Crippen LogP contribution in [0.25, 0.3) is 0 Å². The van der Waals surface area contributed by atoms with Gasteiger partial charge in [0.05, 0.1) is 6.61 Å². The maximum Gasteiger partial charge on any atom is 0.202 e. The van der Waals surface area contributed by atoms with Crippen LogP contribution in [0.15, 0.2) is 6.33 Å². The van der Waals surface area contributed by atoms with E-state index in [1.165, 1.54) is 18.0 Å². The topological polar surface area (TPSA) is 58.0 Å². The summed E-state index contributed by atoms with van der Waals surface area (Å²) in [4.78, 5) is 4.03. The molecule has 1 aliphatic rings. The summed E-state index contributed by atoms with van der Waals surface area (Å²) in [5.41, 5.74) is 0.117. The second-order valence-electron chi connectivity index (χ2n) is 3.61. The third-order valence-corrected chi connectivity index (χ3v) is 3.35. The van der Waals surface area contributed by atoms with Crippen molar-refractivity contribution in [2.24, 2.45) is 5.41 Å². The molecule has 0 amide bonds. The minimum absolute atomic E-state index is 0.117. The van der Waals surface area contributed by atoms with Gasteiger partial charge in [0, 0.05) is 23.5 Å². The molecule has 1 aliphatic carbocycles. The third-order valence-electron chi connectivity index (χ3n) is 2.73. The van der Waals surface area contributed by atoms with Gasteiger partial charge in [-0.3, -0.25) is 0 Å². The van der Waals surface area contributed by atoms with Gasteiger partial charge in [0.15, 0.2) is 0 Å². The van der Waals surface area contributed by atoms with Gasteiger partial charge < -0.3 is 10.4 Å². The number of anilines is 1. The molecule has 1 heterocycles. The zero-order chi connectivity index (χ0) is 9.15. The van der Waals surface area contributed by atoms with E-state index in [0.717, 1.165) is 24.5 Å². The number of nitrogens with zero attached hydrogens (tertiary/aromatic N) is 2. The van der Waals surface area contributed by atoms with Crippen molar-refractivity contribution in [2.75, 3.05) is 18.5 Å². The van der Waals surface area contributed by atoms with Crippen LogP contribution in [0.4, 0.5) is 5.13 Å². The van der Waals surface area contributed by atoms with E-state index in [-0.39, 0.29) is 12.0 Å². The number of rotatable bonds is 4. The summed E-state index contributed by atoms with van der Waals surface area (Å²) < 4.78 is 3.90. The van der Waals surface area contributed by atoms with Crippen LogP contribution in [0.2, 0.25) is 0 Å². The van der Waals surface area contributed by atoms with Gasteiger partial charge in [-0.05, 0) is 12.8 Å². The fourth-order valence-electron chi connectivity index (χ4n) is 1.58. The van der Waals surface area contributed by atoms with Crippen LogP contribution in [-0.2, 0) is 0 Å². The van der Waals surface area contributed by atoms with Crippen molar-refractivity contribution in [3.05, 3.63) is 6.33 Å². The zero-order valence-electron chi connectivity index (χ0n) is 7.36. The normalized spacial score (nSPS) is 19.5. The predicted octanol–water partition coefficient (Wildman–Crippen LogP) is 1.11. The molecule has 13 heavy (non-hydrogen) atoms. The molecular weight excluding hydrogens is 186 g/mol. The molecule has 0 aromatic carbocycles. The summed E-state index contributed by atoms with van der Waals surface area (Å²) in [5.74, 6) is 0. The number of hydrogen-bond acceptors (Lipinski definition) is 5. The van der Waals surface area contributed by atoms with Crippen molar-refractivity contribution in [2.45, 2.75) is 19.3 Å². The fraction of sp³-hybridized carbons (Fsp3) is 0.750. The number of aliphatic hydroxyl groups excluding tert-OH is 1. The van der Waals surface area contributed by atoms with Gasteiger partial charge in [-0.2, -0.15) is 4.37 Å². The Morgan fingerprint density at radius 1 is 1.62 bits per heavy atom. The Kier molecular flexibility index (Phi) is 2.46. The summed E-state index contributed by atoms with van der Waals surface area (Å²) in [6.07, 6.45) is 5.02. The molecular formula is C8H13N3OS. The van der Waals surface area contributed by atoms with Gasteiger partial charge in [-0.1, -0.05) is 6.42 Å². The van der Waals surface area contributed by atoms with Gasteiger partial charge >= 0.3 is 0 Å². The molecule has 0 saturated heterocycles. The van der Waals surface area contributed by atoms with Crippen LogP contribution in [0.3, 0.4) is 0 Å². The first-order chi connectivity index (χ1) is 6.35. The first-order valence-corrected chi connectivity index (χ1v) is 5.23. The molecule has 2 rings (SSSR count). The third kappa shape index (κ3) is 1.81. The molecule has 0 aliphatic heterocycles. The smallest absolute Gasteiger partial charge is 0.202 e. The zero-order valence-corrected chi connectivity index (χ0v) is 8.18. The Labute approximate surface area is 81.2 Å². The molecule has 0 unspecified atom stereocenters. The van der Waals surface area contributed by atoms with E-state index in [0.29, 0.717) is 0 Å². The van der Waals surface area contributed by atoms with Gasteiger partial charge in [0.1, 0.15) is 6.33 Å². The molecule has 0 bridgehead atoms. The average molecular weight is 199 g/mol. The first kappa shape index (κ1) is 8.90. The Balaban J connectivity index is 1.84. The number of hydrogen-bond donors (Lipinski definition) is 2. The Morgan fingerprint density at radius 3 is 2.92 bits per heavy atom. The molecule has 0 spiro atoms. The van der Waals surface area contributed by atoms with Crippen molar-refractivity contribution in [3.63, 3.8) is 0 Å². The highest BCUT2D eigenvalue weighted by atomic mass is 32.1. The lowest BCUT2D eigenvalue weighted by Gasteiger charge is -2.40. The van der Waals surface area contributed by atoms with E-state index in [1.54, 1.807) is 6.33 Å². The second kappa shape index (κ2) is 3.59. The quantitative estimate of drug-likeness (QED) is 0.762. The van der Waals surface area contributed by atoms with E-state index in [2.05, 4.69) is 14.7 Å². The van der Waals surface area contributed by atoms with Crippen LogP contribution in [-0.4, -0.2) is 27.6 Å². The van der Waals surface area contributed by atoms with Crippen LogP contribution in [0, 0.1) is 5.41 Å². The monoisotopic (exact) mass is 199 g/mol. The molecule has 72 valence electrons. The number of aromatic nitrogens is 2. The van der Waals surface area contributed by atoms with Crippen molar-refractivity contribution in [1.82, 2.24) is 9.36 Å². The predicted molar refractivity (Wildman–Crippen MR) is 51.8 cm³/mol. The van der Waals surface area contributed by atoms with Crippen molar-refractivity contribution in [1.29, 1.82) is 0 Å². The second-order valence-corrected chi connectivity index (χ2v) is 4.39. The minimum atomic E-state index is 0.117. The highest BCUT2D eigenvalue weighted by molar-refractivity contribution is 7.09. The Morgan fingerprint density at radius 2 is 2.46 bits per heavy atom. The van der Waals surface area contributed by atoms with Crippen LogP contribution in [0.5, 0.6) is 0 Å². The van der Waals surface area contributed by atoms with Crippen molar-refractivity contribution in [3.8, 4) is 0 Å². The standard InChI is InChI=1S/C8H13N3OS/c12-5-8(2-1-3-8)4-9-7-10-6-11-13-7/h6,12H,1-5H2,(H,9,10,11). The Hall–Kier alpha value is -0.680. The van der Waals surface area contributed by atoms with Gasteiger partial charge in [0.25, 0.3) is 0 Å². The van der Waals surface area contributed by atoms with Gasteiger partial charge in [-0.15, -0.1) is 0 Å². The summed E-state index contributed by atoms with van der Waals surface area (Å²) in [5, 5.41) is 13.2. The first-order valence-electron chi connectivity index (χ1n) is 4.46. The SMILES string of the molecule is OCC1(CNc2ncns2)CCC1. The summed E-state index contributed by atoms with van der Waals surface area (Å²) >= 11 is 1.35. The van der Waals surface area contributed by atoms with Crippen molar-refractivity contribution >= 4 is 16.7 Å². The number of aliphatic hydroxyl groups is 1. The minimum Gasteiger partial charge on any atom is -0.396 e. The van der Waals surface area contributed by atoms with Crippen molar-refractivity contribution < 1.29 is 5.11 Å². The maximum atomic E-state index is 9.19. The fourth-order valence-corrected chi connectivity index (χ4v) is 2.01. The van der Waals surface area contributed by atoms with E-state index in [1.807, 2.05) is 0 Å². The van der Waals surface area contributed by atoms with E-state index in [9.17, 15) is 5.11 Å². The lowest BCUT2D eigenvalue weighted by Crippen LogP contribution is -2.39. The van der Waals surface area contributed by atoms with E-state index in [4.69, 9.17) is 0 Å². The Bertz CT molecular complexity index is 253. The van der Waals surface area contributed by atoms with E-state index >= 15 is 0 Å². The van der Waals surface area contributed by atoms with Crippen LogP contribution < -0.4 is 5.32 Å². The van der Waals surface area contributed by atoms with Gasteiger partial charge in [0.2, 0.25) is 5.13 Å². The average Bonchev–Trinajstić information content (AvgIpc) is 2.56. The van der Waals surface area contributed by atoms with E-state index < -0.39 is 0 Å². The van der Waals surface area contributed by atoms with Crippen LogP contribution in [0.1, 0.15) is 19.3 Å². The summed E-state index contributed by atoms with van der Waals surface area (Å²) in [7, 11) is 0. The molecule has 1 aromatic heterocycles. The highest BCUT2D eigenvalue weighted by Crippen LogP contribution is 2.40. The molecule has 0 radical (unpaired) electrons. The summed E-state index contributed by atoms with van der Waals surface area (Å²) in [6.45, 7) is 1.09. The molecule has 1 fully saturated rings. The highest BCUT2D eigenvalue weighted by Gasteiger charge is 2.36. The molecule has 1 saturated carbocycles.